The maximum absolute atomic E-state index is 11.4. The first kappa shape index (κ1) is 25.9. The van der Waals surface area contributed by atoms with E-state index in [-0.39, 0.29) is 6.04 Å². The van der Waals surface area contributed by atoms with Crippen molar-refractivity contribution in [2.24, 2.45) is 5.92 Å². The highest BCUT2D eigenvalue weighted by Crippen LogP contribution is 2.39. The summed E-state index contributed by atoms with van der Waals surface area (Å²) in [5.41, 5.74) is 3.55. The number of anilines is 2. The zero-order valence-corrected chi connectivity index (χ0v) is 22.6. The fraction of sp³-hybridized carbons (Fsp3) is 0.355. The number of rotatable bonds is 9. The van der Waals surface area contributed by atoms with Crippen LogP contribution >= 0.6 is 0 Å². The average molecular weight is 539 g/mol. The molecule has 1 saturated heterocycles. The van der Waals surface area contributed by atoms with Gasteiger partial charge in [-0.2, -0.15) is 0 Å². The highest BCUT2D eigenvalue weighted by atomic mass is 16.5. The molecule has 9 nitrogen and oxygen atoms in total. The number of nitrogens with one attached hydrogen (secondary N) is 2. The van der Waals surface area contributed by atoms with Crippen molar-refractivity contribution in [2.45, 2.75) is 45.1 Å². The fourth-order valence-electron chi connectivity index (χ4n) is 5.34. The number of fused-ring (bicyclic) bond motifs is 1. The van der Waals surface area contributed by atoms with Gasteiger partial charge in [-0.05, 0) is 61.9 Å². The second kappa shape index (κ2) is 11.4. The van der Waals surface area contributed by atoms with Crippen LogP contribution in [0.2, 0.25) is 0 Å². The molecule has 2 aromatic heterocycles. The SMILES string of the molecule is Cc1ccc2c(NCCC3CC3)cccc2c1Oc1ncccc1-c1ccnc(N[C@H]2CCCN(C(=O)O)C2)n1. The number of amides is 1. The van der Waals surface area contributed by atoms with Crippen LogP contribution in [0.4, 0.5) is 16.4 Å². The van der Waals surface area contributed by atoms with Crippen LogP contribution in [0.1, 0.15) is 37.7 Å². The van der Waals surface area contributed by atoms with E-state index < -0.39 is 6.09 Å². The lowest BCUT2D eigenvalue weighted by molar-refractivity contribution is 0.132. The predicted octanol–water partition coefficient (Wildman–Crippen LogP) is 6.56. The van der Waals surface area contributed by atoms with Gasteiger partial charge in [0, 0.05) is 54.5 Å². The zero-order chi connectivity index (χ0) is 27.5. The Morgan fingerprint density at radius 1 is 1.05 bits per heavy atom. The molecule has 3 N–H and O–H groups in total. The van der Waals surface area contributed by atoms with Crippen molar-refractivity contribution in [2.75, 3.05) is 30.3 Å². The van der Waals surface area contributed by atoms with Crippen molar-refractivity contribution in [1.29, 1.82) is 0 Å². The van der Waals surface area contributed by atoms with Crippen molar-refractivity contribution in [3.63, 3.8) is 0 Å². The largest absolute Gasteiger partial charge is 0.465 e. The lowest BCUT2D eigenvalue weighted by Crippen LogP contribution is -2.44. The lowest BCUT2D eigenvalue weighted by Gasteiger charge is -2.31. The second-order valence-corrected chi connectivity index (χ2v) is 10.7. The molecule has 1 aliphatic heterocycles. The van der Waals surface area contributed by atoms with Crippen molar-refractivity contribution in [3.8, 4) is 22.9 Å². The zero-order valence-electron chi connectivity index (χ0n) is 22.6. The van der Waals surface area contributed by atoms with Crippen molar-refractivity contribution in [1.82, 2.24) is 19.9 Å². The molecule has 2 aliphatic rings. The van der Waals surface area contributed by atoms with Gasteiger partial charge in [-0.25, -0.2) is 19.7 Å². The number of carbonyl (C=O) groups is 1. The minimum atomic E-state index is -0.900. The summed E-state index contributed by atoms with van der Waals surface area (Å²) in [4.78, 5) is 26.6. The summed E-state index contributed by atoms with van der Waals surface area (Å²) in [5, 5.41) is 18.5. The standard InChI is InChI=1S/C31H34N6O3/c1-20-9-12-23-24(6-2-8-26(23)32-16-13-21-10-11-21)28(20)40-29-25(7-3-15-33-29)27-14-17-34-30(36-27)35-22-5-4-18-37(19-22)31(38)39/h2-3,6-9,12,14-15,17,21-22,32H,4-5,10-11,13,16,18-19H2,1H3,(H,38,39)(H,34,35,36)/t22-/m0/s1. The number of nitrogens with zero attached hydrogens (tertiary/aromatic N) is 4. The van der Waals surface area contributed by atoms with Gasteiger partial charge in [0.2, 0.25) is 11.8 Å². The fourth-order valence-corrected chi connectivity index (χ4v) is 5.34. The van der Waals surface area contributed by atoms with Gasteiger partial charge < -0.3 is 25.4 Å². The summed E-state index contributed by atoms with van der Waals surface area (Å²) in [6.07, 6.45) is 8.08. The van der Waals surface area contributed by atoms with Crippen LogP contribution in [0.15, 0.2) is 60.9 Å². The molecule has 6 rings (SSSR count). The number of ether oxygens (including phenoxy) is 1. The van der Waals surface area contributed by atoms with Crippen LogP contribution in [0.3, 0.4) is 0 Å². The Balaban J connectivity index is 1.26. The molecule has 2 fully saturated rings. The Morgan fingerprint density at radius 2 is 1.95 bits per heavy atom. The van der Waals surface area contributed by atoms with Crippen LogP contribution in [-0.4, -0.2) is 56.7 Å². The molecule has 1 atom stereocenters. The minimum absolute atomic E-state index is 0.0462. The Bertz CT molecular complexity index is 1520. The third-order valence-electron chi connectivity index (χ3n) is 7.70. The molecule has 0 spiro atoms. The number of hydrogen-bond donors (Lipinski definition) is 3. The number of piperidine rings is 1. The van der Waals surface area contributed by atoms with Crippen LogP contribution in [0, 0.1) is 12.8 Å². The maximum atomic E-state index is 11.4. The molecule has 40 heavy (non-hydrogen) atoms. The first-order chi connectivity index (χ1) is 19.5. The summed E-state index contributed by atoms with van der Waals surface area (Å²) in [7, 11) is 0. The Hall–Kier alpha value is -4.40. The molecular weight excluding hydrogens is 504 g/mol. The van der Waals surface area contributed by atoms with E-state index in [1.165, 1.54) is 24.2 Å². The molecular formula is C31H34N6O3. The summed E-state index contributed by atoms with van der Waals surface area (Å²) < 4.78 is 6.55. The van der Waals surface area contributed by atoms with Gasteiger partial charge in [-0.3, -0.25) is 0 Å². The van der Waals surface area contributed by atoms with Gasteiger partial charge in [0.15, 0.2) is 0 Å². The van der Waals surface area contributed by atoms with Crippen LogP contribution in [0.25, 0.3) is 22.0 Å². The molecule has 4 aromatic rings. The van der Waals surface area contributed by atoms with E-state index in [9.17, 15) is 9.90 Å². The molecule has 1 amide bonds. The quantitative estimate of drug-likeness (QED) is 0.220. The first-order valence-electron chi connectivity index (χ1n) is 14.0. The number of pyridine rings is 1. The first-order valence-corrected chi connectivity index (χ1v) is 14.0. The third-order valence-corrected chi connectivity index (χ3v) is 7.70. The molecule has 3 heterocycles. The van der Waals surface area contributed by atoms with Gasteiger partial charge >= 0.3 is 6.09 Å². The summed E-state index contributed by atoms with van der Waals surface area (Å²) in [5.74, 6) is 2.56. The average Bonchev–Trinajstić information content (AvgIpc) is 3.80. The topological polar surface area (TPSA) is 112 Å². The van der Waals surface area contributed by atoms with E-state index in [2.05, 4.69) is 50.9 Å². The molecule has 1 aliphatic carbocycles. The molecule has 2 aromatic carbocycles. The highest BCUT2D eigenvalue weighted by molar-refractivity contribution is 5.98. The van der Waals surface area contributed by atoms with Gasteiger partial charge in [-0.15, -0.1) is 0 Å². The summed E-state index contributed by atoms with van der Waals surface area (Å²) in [6, 6.07) is 16.1. The Morgan fingerprint density at radius 3 is 2.80 bits per heavy atom. The summed E-state index contributed by atoms with van der Waals surface area (Å²) >= 11 is 0. The number of aromatic nitrogens is 3. The van der Waals surface area contributed by atoms with Crippen molar-refractivity contribution < 1.29 is 14.6 Å². The van der Waals surface area contributed by atoms with Crippen LogP contribution in [0.5, 0.6) is 11.6 Å². The smallest absolute Gasteiger partial charge is 0.407 e. The van der Waals surface area contributed by atoms with Gasteiger partial charge in [0.1, 0.15) is 5.75 Å². The predicted molar refractivity (Wildman–Crippen MR) is 156 cm³/mol. The molecule has 0 unspecified atom stereocenters. The number of aryl methyl sites for hydroxylation is 1. The maximum Gasteiger partial charge on any atom is 0.407 e. The summed E-state index contributed by atoms with van der Waals surface area (Å²) in [6.45, 7) is 3.97. The lowest BCUT2D eigenvalue weighted by atomic mass is 10.0. The second-order valence-electron chi connectivity index (χ2n) is 10.7. The van der Waals surface area contributed by atoms with Crippen molar-refractivity contribution in [3.05, 3.63) is 66.5 Å². The van der Waals surface area contributed by atoms with E-state index in [1.54, 1.807) is 12.4 Å². The number of likely N-dealkylation sites (tertiary alicyclic amines) is 1. The van der Waals surface area contributed by atoms with E-state index in [4.69, 9.17) is 9.72 Å². The molecule has 9 heteroatoms. The van der Waals surface area contributed by atoms with E-state index in [0.717, 1.165) is 58.6 Å². The molecule has 206 valence electrons. The molecule has 1 saturated carbocycles. The van der Waals surface area contributed by atoms with E-state index >= 15 is 0 Å². The highest BCUT2D eigenvalue weighted by Gasteiger charge is 2.24. The minimum Gasteiger partial charge on any atom is -0.465 e. The Labute approximate surface area is 233 Å². The normalized spacial score (nSPS) is 17.0. The molecule has 0 bridgehead atoms. The van der Waals surface area contributed by atoms with Gasteiger partial charge in [0.05, 0.1) is 11.3 Å². The number of hydrogen-bond acceptors (Lipinski definition) is 7. The van der Waals surface area contributed by atoms with Gasteiger partial charge in [-0.1, -0.05) is 37.1 Å². The third kappa shape index (κ3) is 5.78. The van der Waals surface area contributed by atoms with E-state index in [0.29, 0.717) is 30.6 Å². The number of benzene rings is 2. The van der Waals surface area contributed by atoms with Crippen LogP contribution < -0.4 is 15.4 Å². The Kier molecular flexibility index (Phi) is 7.35. The monoisotopic (exact) mass is 538 g/mol. The number of carboxylic acid groups (broad SMARTS) is 1. The van der Waals surface area contributed by atoms with E-state index in [1.807, 2.05) is 25.1 Å². The van der Waals surface area contributed by atoms with Crippen molar-refractivity contribution >= 4 is 28.5 Å². The molecule has 0 radical (unpaired) electrons. The van der Waals surface area contributed by atoms with Gasteiger partial charge in [0.25, 0.3) is 0 Å². The van der Waals surface area contributed by atoms with Crippen LogP contribution in [-0.2, 0) is 0 Å².